The number of ether oxygens (including phenoxy) is 1. The minimum atomic E-state index is -5.08. The van der Waals surface area contributed by atoms with Gasteiger partial charge < -0.3 is 25.2 Å². The van der Waals surface area contributed by atoms with E-state index >= 15 is 0 Å². The lowest BCUT2D eigenvalue weighted by atomic mass is 10.1. The first-order chi connectivity index (χ1) is 21.4. The van der Waals surface area contributed by atoms with Crippen LogP contribution in [-0.2, 0) is 32.2 Å². The van der Waals surface area contributed by atoms with E-state index in [0.29, 0.717) is 32.0 Å². The Kier molecular flexibility index (Phi) is 13.2. The number of carboxylic acids is 2. The third kappa shape index (κ3) is 11.5. The summed E-state index contributed by atoms with van der Waals surface area (Å²) < 4.78 is 69.5. The number of aromatic nitrogens is 1. The van der Waals surface area contributed by atoms with Crippen molar-refractivity contribution in [1.29, 1.82) is 0 Å². The summed E-state index contributed by atoms with van der Waals surface area (Å²) in [5.41, 5.74) is 5.42. The fraction of sp³-hybridized carbons (Fsp3) is 0.321. The van der Waals surface area contributed by atoms with Gasteiger partial charge in [-0.05, 0) is 36.8 Å². The number of benzene rings is 2. The average Bonchev–Trinajstić information content (AvgIpc) is 2.99. The zero-order chi connectivity index (χ0) is 34.7. The van der Waals surface area contributed by atoms with Crippen molar-refractivity contribution in [2.24, 2.45) is 0 Å². The molecule has 12 nitrogen and oxygen atoms in total. The smallest absolute Gasteiger partial charge is 0.489 e. The lowest BCUT2D eigenvalue weighted by molar-refractivity contribution is -0.193. The molecule has 46 heavy (non-hydrogen) atoms. The number of pyridine rings is 1. The van der Waals surface area contributed by atoms with E-state index < -0.39 is 36.2 Å². The molecule has 1 aliphatic heterocycles. The van der Waals surface area contributed by atoms with Crippen molar-refractivity contribution in [1.82, 2.24) is 20.7 Å². The molecule has 0 saturated carbocycles. The van der Waals surface area contributed by atoms with Crippen LogP contribution < -0.4 is 15.5 Å². The molecule has 1 unspecified atom stereocenters. The number of carbonyl (C=O) groups is 4. The fourth-order valence-corrected chi connectivity index (χ4v) is 3.97. The van der Waals surface area contributed by atoms with Gasteiger partial charge in [0.25, 0.3) is 5.91 Å². The number of fused-ring (bicyclic) bond motifs is 1. The van der Waals surface area contributed by atoms with Crippen LogP contribution in [0.5, 0.6) is 5.75 Å². The summed E-state index contributed by atoms with van der Waals surface area (Å²) in [6, 6.07) is 16.7. The normalized spacial score (nSPS) is 14.6. The number of nitrogens with zero attached hydrogens (tertiary/aromatic N) is 2. The number of hydroxylamine groups is 1. The Labute approximate surface area is 256 Å². The van der Waals surface area contributed by atoms with Gasteiger partial charge in [0.1, 0.15) is 18.4 Å². The third-order valence-electron chi connectivity index (χ3n) is 6.06. The molecule has 2 amide bonds. The van der Waals surface area contributed by atoms with Crippen molar-refractivity contribution in [3.63, 3.8) is 0 Å². The fourth-order valence-electron chi connectivity index (χ4n) is 3.97. The number of aliphatic carboxylic acids is 2. The van der Waals surface area contributed by atoms with Gasteiger partial charge in [0, 0.05) is 36.3 Å². The van der Waals surface area contributed by atoms with Gasteiger partial charge in [-0.25, -0.2) is 15.1 Å². The Morgan fingerprint density at radius 3 is 2.09 bits per heavy atom. The molecule has 0 radical (unpaired) electrons. The number of alkyl halides is 6. The van der Waals surface area contributed by atoms with E-state index in [1.807, 2.05) is 61.5 Å². The van der Waals surface area contributed by atoms with Crippen LogP contribution in [0.4, 0.5) is 26.3 Å². The van der Waals surface area contributed by atoms with Crippen molar-refractivity contribution < 1.29 is 65.7 Å². The van der Waals surface area contributed by atoms with Gasteiger partial charge in [-0.2, -0.15) is 26.3 Å². The molecule has 1 saturated heterocycles. The van der Waals surface area contributed by atoms with Gasteiger partial charge in [-0.1, -0.05) is 30.3 Å². The van der Waals surface area contributed by atoms with Crippen molar-refractivity contribution in [3.05, 3.63) is 71.4 Å². The predicted octanol–water partition coefficient (Wildman–Crippen LogP) is 3.24. The van der Waals surface area contributed by atoms with E-state index in [0.717, 1.165) is 27.7 Å². The van der Waals surface area contributed by atoms with Gasteiger partial charge >= 0.3 is 24.3 Å². The highest BCUT2D eigenvalue weighted by Crippen LogP contribution is 2.21. The van der Waals surface area contributed by atoms with Crippen LogP contribution >= 0.6 is 0 Å². The monoisotopic (exact) mass is 662 g/mol. The Hall–Kier alpha value is -4.97. The summed E-state index contributed by atoms with van der Waals surface area (Å²) in [4.78, 5) is 48.5. The average molecular weight is 663 g/mol. The second-order valence-electron chi connectivity index (χ2n) is 9.44. The molecule has 1 aromatic heterocycles. The first-order valence-corrected chi connectivity index (χ1v) is 13.1. The van der Waals surface area contributed by atoms with E-state index in [2.05, 4.69) is 10.3 Å². The number of hydrogen-bond donors (Lipinski definition) is 5. The van der Waals surface area contributed by atoms with Gasteiger partial charge in [-0.15, -0.1) is 0 Å². The second-order valence-corrected chi connectivity index (χ2v) is 9.44. The Bertz CT molecular complexity index is 1490. The van der Waals surface area contributed by atoms with E-state index in [9.17, 15) is 35.9 Å². The highest BCUT2D eigenvalue weighted by molar-refractivity contribution is 5.88. The molecule has 2 aromatic carbocycles. The number of carbonyl (C=O) groups excluding carboxylic acids is 2. The Morgan fingerprint density at radius 2 is 1.54 bits per heavy atom. The maximum absolute atomic E-state index is 12.7. The first-order valence-electron chi connectivity index (χ1n) is 13.1. The van der Waals surface area contributed by atoms with Gasteiger partial charge in [0.05, 0.1) is 11.9 Å². The molecule has 250 valence electrons. The second kappa shape index (κ2) is 16.4. The molecule has 5 N–H and O–H groups in total. The quantitative estimate of drug-likeness (QED) is 0.150. The summed E-state index contributed by atoms with van der Waals surface area (Å²) in [6.07, 6.45) is -10.00. The van der Waals surface area contributed by atoms with Crippen molar-refractivity contribution in [2.75, 3.05) is 19.6 Å². The highest BCUT2D eigenvalue weighted by Gasteiger charge is 2.39. The molecule has 0 bridgehead atoms. The topological polar surface area (TPSA) is 178 Å². The summed E-state index contributed by atoms with van der Waals surface area (Å²) in [5, 5.41) is 27.3. The number of rotatable bonds is 6. The molecule has 0 spiro atoms. The van der Waals surface area contributed by atoms with Gasteiger partial charge in [-0.3, -0.25) is 19.8 Å². The molecule has 3 aromatic rings. The predicted molar refractivity (Wildman–Crippen MR) is 147 cm³/mol. The number of halogens is 6. The van der Waals surface area contributed by atoms with Crippen molar-refractivity contribution >= 4 is 34.7 Å². The first kappa shape index (κ1) is 37.2. The lowest BCUT2D eigenvalue weighted by Crippen LogP contribution is -2.59. The van der Waals surface area contributed by atoms with Crippen molar-refractivity contribution in [3.8, 4) is 5.75 Å². The molecule has 1 aliphatic rings. The van der Waals surface area contributed by atoms with Crippen LogP contribution in [0.3, 0.4) is 0 Å². The SMILES string of the molecule is Cc1cc(COc2ccc(CC(=O)N3CCNCC3C(=O)NO)cc2)c2ccccc2n1.O=C(O)C(F)(F)F.O=C(O)C(F)(F)F. The van der Waals surface area contributed by atoms with Crippen LogP contribution in [0.1, 0.15) is 16.8 Å². The third-order valence-corrected chi connectivity index (χ3v) is 6.06. The maximum Gasteiger partial charge on any atom is 0.490 e. The van der Waals surface area contributed by atoms with E-state index in [1.165, 1.54) is 4.90 Å². The highest BCUT2D eigenvalue weighted by atomic mass is 19.4. The van der Waals surface area contributed by atoms with Crippen LogP contribution in [0, 0.1) is 6.92 Å². The molecule has 1 fully saturated rings. The van der Waals surface area contributed by atoms with Gasteiger partial charge in [0.2, 0.25) is 5.91 Å². The largest absolute Gasteiger partial charge is 0.490 e. The summed E-state index contributed by atoms with van der Waals surface area (Å²) in [7, 11) is 0. The molecule has 0 aliphatic carbocycles. The maximum atomic E-state index is 12.7. The lowest BCUT2D eigenvalue weighted by Gasteiger charge is -2.34. The van der Waals surface area contributed by atoms with Crippen molar-refractivity contribution in [2.45, 2.75) is 38.3 Å². The molecule has 1 atom stereocenters. The summed E-state index contributed by atoms with van der Waals surface area (Å²) in [6.45, 7) is 3.72. The van der Waals surface area contributed by atoms with E-state index in [4.69, 9.17) is 29.7 Å². The minimum absolute atomic E-state index is 0.160. The number of para-hydroxylation sites is 1. The Morgan fingerprint density at radius 1 is 0.978 bits per heavy atom. The van der Waals surface area contributed by atoms with Crippen LogP contribution in [-0.4, -0.2) is 87.1 Å². The Balaban J connectivity index is 0.000000440. The molecule has 18 heteroatoms. The van der Waals surface area contributed by atoms with Gasteiger partial charge in [0.15, 0.2) is 0 Å². The zero-order valence-corrected chi connectivity index (χ0v) is 23.9. The number of hydrogen-bond acceptors (Lipinski definition) is 8. The van der Waals surface area contributed by atoms with Crippen LogP contribution in [0.2, 0.25) is 0 Å². The standard InChI is InChI=1S/C24H26N4O4.2C2HF3O2/c1-16-12-18(20-4-2-3-5-21(20)26-16)15-32-19-8-6-17(7-9-19)13-23(29)28-11-10-25-14-22(28)24(30)27-31;2*3-2(4,5)1(6)7/h2-9,12,22,25,31H,10-11,13-15H2,1H3,(H,27,30);2*(H,6,7). The van der Waals surface area contributed by atoms with E-state index in [1.54, 1.807) is 5.48 Å². The minimum Gasteiger partial charge on any atom is -0.489 e. The molecular formula is C28H28F6N4O8. The number of piperazine rings is 1. The number of amides is 2. The molecular weight excluding hydrogens is 634 g/mol. The van der Waals surface area contributed by atoms with E-state index in [-0.39, 0.29) is 12.3 Å². The number of carboxylic acid groups (broad SMARTS) is 2. The number of aryl methyl sites for hydroxylation is 1. The van der Waals surface area contributed by atoms with Crippen LogP contribution in [0.25, 0.3) is 10.9 Å². The number of nitrogens with one attached hydrogen (secondary N) is 2. The summed E-state index contributed by atoms with van der Waals surface area (Å²) in [5.74, 6) is -5.56. The van der Waals surface area contributed by atoms with Crippen LogP contribution in [0.15, 0.2) is 54.6 Å². The summed E-state index contributed by atoms with van der Waals surface area (Å²) >= 11 is 0. The molecule has 4 rings (SSSR count). The molecule has 2 heterocycles. The zero-order valence-electron chi connectivity index (χ0n) is 23.9.